The van der Waals surface area contributed by atoms with Gasteiger partial charge in [0.15, 0.2) is 6.61 Å². The summed E-state index contributed by atoms with van der Waals surface area (Å²) in [5, 5.41) is 0. The third-order valence-corrected chi connectivity index (χ3v) is 6.08. The Hall–Kier alpha value is -4.53. The number of fused-ring (bicyclic) bond motifs is 1. The number of aromatic nitrogens is 2. The van der Waals surface area contributed by atoms with Crippen molar-refractivity contribution in [3.8, 4) is 17.0 Å². The van der Waals surface area contributed by atoms with Crippen LogP contribution in [0.2, 0.25) is 0 Å². The highest BCUT2D eigenvalue weighted by Gasteiger charge is 2.29. The Morgan fingerprint density at radius 3 is 2.22 bits per heavy atom. The largest absolute Gasteiger partial charge is 0.466 e. The van der Waals surface area contributed by atoms with Crippen LogP contribution in [0.5, 0.6) is 5.88 Å². The molecule has 190 valence electrons. The number of carbonyl (C=O) groups excluding carboxylic acids is 3. The van der Waals surface area contributed by atoms with Gasteiger partial charge in [-0.25, -0.2) is 14.2 Å². The minimum atomic E-state index is -1.10. The Bertz CT molecular complexity index is 1490. The predicted octanol–water partition coefficient (Wildman–Crippen LogP) is 3.82. The summed E-state index contributed by atoms with van der Waals surface area (Å²) in [4.78, 5) is 41.0. The van der Waals surface area contributed by atoms with Crippen LogP contribution < -0.4 is 10.5 Å². The summed E-state index contributed by atoms with van der Waals surface area (Å²) in [6.45, 7) is 3.22. The van der Waals surface area contributed by atoms with Crippen LogP contribution in [-0.2, 0) is 27.2 Å². The van der Waals surface area contributed by atoms with Crippen LogP contribution in [0.4, 0.5) is 4.39 Å². The predicted molar refractivity (Wildman–Crippen MR) is 135 cm³/mol. The van der Waals surface area contributed by atoms with E-state index in [4.69, 9.17) is 10.5 Å². The molecule has 2 heterocycles. The molecular weight excluding hydrogens is 477 g/mol. The second-order valence-electron chi connectivity index (χ2n) is 8.50. The lowest BCUT2D eigenvalue weighted by Crippen LogP contribution is -2.24. The van der Waals surface area contributed by atoms with E-state index >= 15 is 0 Å². The lowest BCUT2D eigenvalue weighted by atomic mass is 9.98. The number of hydrogen-bond acceptors (Lipinski definition) is 6. The maximum Gasteiger partial charge on any atom is 0.343 e. The van der Waals surface area contributed by atoms with Gasteiger partial charge in [0.25, 0.3) is 11.7 Å². The smallest absolute Gasteiger partial charge is 0.343 e. The number of nitrogens with two attached hydrogens (primary N) is 1. The molecule has 0 spiro atoms. The van der Waals surface area contributed by atoms with Gasteiger partial charge in [0.1, 0.15) is 11.3 Å². The van der Waals surface area contributed by atoms with Crippen LogP contribution in [0.1, 0.15) is 39.8 Å². The molecule has 2 N–H and O–H groups in total. The molecule has 4 aromatic rings. The average molecular weight is 504 g/mol. The first kappa shape index (κ1) is 25.6. The van der Waals surface area contributed by atoms with Crippen LogP contribution in [0.15, 0.2) is 54.7 Å². The van der Waals surface area contributed by atoms with E-state index in [0.717, 1.165) is 22.4 Å². The summed E-state index contributed by atoms with van der Waals surface area (Å²) in [5.41, 5.74) is 10.5. The molecule has 0 saturated carbocycles. The number of benzene rings is 2. The second-order valence-corrected chi connectivity index (χ2v) is 8.50. The van der Waals surface area contributed by atoms with Gasteiger partial charge in [0.2, 0.25) is 5.88 Å². The third kappa shape index (κ3) is 5.20. The maximum atomic E-state index is 13.3. The minimum Gasteiger partial charge on any atom is -0.466 e. The number of halogens is 1. The number of rotatable bonds is 9. The number of ether oxygens (including phenoxy) is 2. The zero-order valence-electron chi connectivity index (χ0n) is 20.7. The number of carbonyl (C=O) groups is 3. The lowest BCUT2D eigenvalue weighted by Gasteiger charge is -2.11. The number of aryl methyl sites for hydroxylation is 1. The highest BCUT2D eigenvalue weighted by molar-refractivity contribution is 6.44. The highest BCUT2D eigenvalue weighted by atomic mass is 19.1. The molecule has 8 nitrogen and oxygen atoms in total. The van der Waals surface area contributed by atoms with E-state index in [0.29, 0.717) is 24.1 Å². The van der Waals surface area contributed by atoms with Crippen molar-refractivity contribution < 1.29 is 28.2 Å². The molecule has 2 aromatic carbocycles. The van der Waals surface area contributed by atoms with Crippen molar-refractivity contribution in [2.75, 3.05) is 13.7 Å². The van der Waals surface area contributed by atoms with Crippen LogP contribution >= 0.6 is 0 Å². The van der Waals surface area contributed by atoms with Crippen molar-refractivity contribution in [2.24, 2.45) is 5.73 Å². The Kier molecular flexibility index (Phi) is 7.33. The molecule has 2 aromatic heterocycles. The number of methoxy groups -OCH3 is 1. The monoisotopic (exact) mass is 503 g/mol. The topological polar surface area (TPSA) is 113 Å². The van der Waals surface area contributed by atoms with E-state index in [1.165, 1.54) is 19.2 Å². The molecule has 0 bridgehead atoms. The summed E-state index contributed by atoms with van der Waals surface area (Å²) in [6.07, 6.45) is 2.62. The molecule has 0 aliphatic heterocycles. The molecule has 0 aliphatic carbocycles. The summed E-state index contributed by atoms with van der Waals surface area (Å²) < 4.78 is 25.3. The molecule has 9 heteroatoms. The van der Waals surface area contributed by atoms with Gasteiger partial charge in [-0.1, -0.05) is 43.3 Å². The SMILES string of the molecule is CCc1c(C(=O)C(N)=O)c2c(OCC(=O)OC)nc(C)cn2c1Cc1ccc(-c2ccc(F)cc2)cc1. The number of esters is 1. The molecule has 0 aliphatic rings. The van der Waals surface area contributed by atoms with Crippen molar-refractivity contribution in [1.82, 2.24) is 9.38 Å². The second kappa shape index (κ2) is 10.6. The fourth-order valence-corrected chi connectivity index (χ4v) is 4.35. The third-order valence-electron chi connectivity index (χ3n) is 6.08. The van der Waals surface area contributed by atoms with Gasteiger partial charge in [-0.05, 0) is 47.7 Å². The summed E-state index contributed by atoms with van der Waals surface area (Å²) in [7, 11) is 1.24. The van der Waals surface area contributed by atoms with Crippen LogP contribution in [0.25, 0.3) is 16.6 Å². The van der Waals surface area contributed by atoms with E-state index in [9.17, 15) is 18.8 Å². The molecule has 0 fully saturated rings. The van der Waals surface area contributed by atoms with Gasteiger partial charge in [-0.15, -0.1) is 0 Å². The number of ketones is 1. The summed E-state index contributed by atoms with van der Waals surface area (Å²) >= 11 is 0. The van der Waals surface area contributed by atoms with E-state index in [1.807, 2.05) is 31.2 Å². The first-order chi connectivity index (χ1) is 17.7. The van der Waals surface area contributed by atoms with Gasteiger partial charge < -0.3 is 19.6 Å². The first-order valence-electron chi connectivity index (χ1n) is 11.7. The number of Topliss-reactive ketones (excluding diaryl/α,β-unsaturated/α-hetero) is 1. The number of hydrogen-bond donors (Lipinski definition) is 1. The Morgan fingerprint density at radius 1 is 1.03 bits per heavy atom. The van der Waals surface area contributed by atoms with Crippen molar-refractivity contribution in [2.45, 2.75) is 26.7 Å². The molecule has 0 saturated heterocycles. The van der Waals surface area contributed by atoms with Gasteiger partial charge >= 0.3 is 5.97 Å². The lowest BCUT2D eigenvalue weighted by molar-refractivity contribution is -0.143. The van der Waals surface area contributed by atoms with Crippen molar-refractivity contribution >= 4 is 23.2 Å². The standard InChI is InChI=1S/C28H26FN3O5/c1-4-21-22(13-17-5-7-18(8-6-17)19-9-11-20(29)12-10-19)32-14-16(2)31-28(37-15-23(33)36-3)25(32)24(21)26(34)27(30)35/h5-12,14H,4,13,15H2,1-3H3,(H2,30,35). The van der Waals surface area contributed by atoms with Crippen molar-refractivity contribution in [1.29, 1.82) is 0 Å². The molecule has 0 unspecified atom stereocenters. The molecule has 0 radical (unpaired) electrons. The van der Waals surface area contributed by atoms with Crippen molar-refractivity contribution in [3.63, 3.8) is 0 Å². The van der Waals surface area contributed by atoms with Gasteiger partial charge in [0.05, 0.1) is 18.4 Å². The zero-order chi connectivity index (χ0) is 26.7. The van der Waals surface area contributed by atoms with Gasteiger partial charge in [-0.2, -0.15) is 0 Å². The number of nitrogens with zero attached hydrogens (tertiary/aromatic N) is 2. The van der Waals surface area contributed by atoms with Crippen LogP contribution in [0.3, 0.4) is 0 Å². The Labute approximate surface area is 212 Å². The van der Waals surface area contributed by atoms with Crippen molar-refractivity contribution in [3.05, 3.63) is 88.6 Å². The van der Waals surface area contributed by atoms with E-state index in [2.05, 4.69) is 9.72 Å². The quantitative estimate of drug-likeness (QED) is 0.211. The van der Waals surface area contributed by atoms with E-state index < -0.39 is 24.3 Å². The molecular formula is C28H26FN3O5. The molecule has 4 rings (SSSR count). The molecule has 37 heavy (non-hydrogen) atoms. The van der Waals surface area contributed by atoms with E-state index in [1.54, 1.807) is 29.7 Å². The normalized spacial score (nSPS) is 10.9. The van der Waals surface area contributed by atoms with Crippen LogP contribution in [-0.4, -0.2) is 40.8 Å². The fraction of sp³-hybridized carbons (Fsp3) is 0.214. The first-order valence-corrected chi connectivity index (χ1v) is 11.7. The molecule has 1 amide bonds. The minimum absolute atomic E-state index is 0.0302. The number of primary amides is 1. The Balaban J connectivity index is 1.83. The number of amides is 1. The average Bonchev–Trinajstić information content (AvgIpc) is 3.20. The summed E-state index contributed by atoms with van der Waals surface area (Å²) in [6, 6.07) is 14.1. The molecule has 0 atom stereocenters. The Morgan fingerprint density at radius 2 is 1.65 bits per heavy atom. The van der Waals surface area contributed by atoms with E-state index in [-0.39, 0.29) is 22.8 Å². The van der Waals surface area contributed by atoms with Crippen LogP contribution in [0, 0.1) is 12.7 Å². The summed E-state index contributed by atoms with van der Waals surface area (Å²) in [5.74, 6) is -2.85. The van der Waals surface area contributed by atoms with Gasteiger partial charge in [0, 0.05) is 18.3 Å². The fourth-order valence-electron chi connectivity index (χ4n) is 4.35. The zero-order valence-corrected chi connectivity index (χ0v) is 20.7. The van der Waals surface area contributed by atoms with Gasteiger partial charge in [-0.3, -0.25) is 9.59 Å². The highest BCUT2D eigenvalue weighted by Crippen LogP contribution is 2.33. The maximum absolute atomic E-state index is 13.3.